The van der Waals surface area contributed by atoms with E-state index in [0.717, 1.165) is 5.52 Å². The first-order valence-electron chi connectivity index (χ1n) is 7.63. The first-order valence-corrected chi connectivity index (χ1v) is 7.63. The monoisotopic (exact) mass is 341 g/mol. The first-order chi connectivity index (χ1) is 12.0. The van der Waals surface area contributed by atoms with Crippen molar-refractivity contribution in [2.24, 2.45) is 0 Å². The van der Waals surface area contributed by atoms with Crippen molar-refractivity contribution in [2.45, 2.75) is 12.8 Å². The molecule has 128 valence electrons. The number of aromatic amines is 1. The van der Waals surface area contributed by atoms with E-state index in [4.69, 9.17) is 9.84 Å². The number of fused-ring (bicyclic) bond motifs is 1. The number of nitrogens with one attached hydrogen (secondary N) is 1. The van der Waals surface area contributed by atoms with Gasteiger partial charge in [0.2, 0.25) is 0 Å². The van der Waals surface area contributed by atoms with Gasteiger partial charge in [-0.1, -0.05) is 12.1 Å². The number of rotatable bonds is 7. The van der Waals surface area contributed by atoms with Crippen LogP contribution < -0.4 is 4.74 Å². The van der Waals surface area contributed by atoms with Crippen molar-refractivity contribution < 1.29 is 19.6 Å². The summed E-state index contributed by atoms with van der Waals surface area (Å²) in [6, 6.07) is 11.7. The van der Waals surface area contributed by atoms with E-state index >= 15 is 0 Å². The van der Waals surface area contributed by atoms with Crippen LogP contribution in [0.4, 0.5) is 5.69 Å². The van der Waals surface area contributed by atoms with Crippen molar-refractivity contribution in [3.8, 4) is 17.1 Å². The maximum absolute atomic E-state index is 11.3. The predicted octanol–water partition coefficient (Wildman–Crippen LogP) is 3.38. The molecular weight excluding hydrogens is 326 g/mol. The molecule has 0 spiro atoms. The number of para-hydroxylation sites is 2. The van der Waals surface area contributed by atoms with E-state index in [2.05, 4.69) is 9.97 Å². The van der Waals surface area contributed by atoms with E-state index < -0.39 is 10.9 Å². The number of hydrogen-bond donors (Lipinski definition) is 2. The van der Waals surface area contributed by atoms with Crippen LogP contribution in [0.5, 0.6) is 5.75 Å². The average molecular weight is 341 g/mol. The maximum Gasteiger partial charge on any atom is 0.303 e. The summed E-state index contributed by atoms with van der Waals surface area (Å²) in [6.45, 7) is 0.212. The van der Waals surface area contributed by atoms with E-state index in [0.29, 0.717) is 29.1 Å². The second-order valence-electron chi connectivity index (χ2n) is 5.38. The number of nitrogens with zero attached hydrogens (tertiary/aromatic N) is 2. The number of nitro groups is 1. The number of aromatic nitrogens is 2. The molecule has 0 atom stereocenters. The quantitative estimate of drug-likeness (QED) is 0.386. The molecule has 3 rings (SSSR count). The highest BCUT2D eigenvalue weighted by Crippen LogP contribution is 2.32. The topological polar surface area (TPSA) is 118 Å². The van der Waals surface area contributed by atoms with E-state index in [9.17, 15) is 14.9 Å². The molecule has 25 heavy (non-hydrogen) atoms. The lowest BCUT2D eigenvalue weighted by molar-refractivity contribution is -0.384. The predicted molar refractivity (Wildman–Crippen MR) is 90.5 cm³/mol. The molecule has 2 N–H and O–H groups in total. The highest BCUT2D eigenvalue weighted by molar-refractivity contribution is 5.81. The van der Waals surface area contributed by atoms with Gasteiger partial charge in [-0.2, -0.15) is 0 Å². The summed E-state index contributed by atoms with van der Waals surface area (Å²) in [6.07, 6.45) is 0.357. The number of imidazole rings is 1. The summed E-state index contributed by atoms with van der Waals surface area (Å²) >= 11 is 0. The molecule has 8 nitrogen and oxygen atoms in total. The Bertz CT molecular complexity index is 902. The van der Waals surface area contributed by atoms with E-state index in [-0.39, 0.29) is 18.7 Å². The van der Waals surface area contributed by atoms with Gasteiger partial charge >= 0.3 is 5.97 Å². The smallest absolute Gasteiger partial charge is 0.303 e. The zero-order valence-corrected chi connectivity index (χ0v) is 13.1. The van der Waals surface area contributed by atoms with Crippen molar-refractivity contribution in [1.29, 1.82) is 0 Å². The van der Waals surface area contributed by atoms with E-state index in [1.165, 1.54) is 18.2 Å². The van der Waals surface area contributed by atoms with Crippen molar-refractivity contribution in [2.75, 3.05) is 6.61 Å². The third kappa shape index (κ3) is 3.74. The van der Waals surface area contributed by atoms with Crippen LogP contribution in [-0.4, -0.2) is 32.6 Å². The third-order valence-electron chi connectivity index (χ3n) is 3.61. The van der Waals surface area contributed by atoms with Gasteiger partial charge in [0.1, 0.15) is 11.6 Å². The molecule has 0 fully saturated rings. The van der Waals surface area contributed by atoms with Crippen molar-refractivity contribution in [3.63, 3.8) is 0 Å². The second-order valence-corrected chi connectivity index (χ2v) is 5.38. The van der Waals surface area contributed by atoms with Gasteiger partial charge in [-0.3, -0.25) is 14.9 Å². The number of ether oxygens (including phenoxy) is 1. The van der Waals surface area contributed by atoms with Crippen molar-refractivity contribution in [3.05, 3.63) is 52.6 Å². The average Bonchev–Trinajstić information content (AvgIpc) is 3.02. The molecule has 0 aliphatic heterocycles. The number of H-pyrrole nitrogens is 1. The lowest BCUT2D eigenvalue weighted by Gasteiger charge is -2.07. The Morgan fingerprint density at radius 3 is 2.80 bits per heavy atom. The summed E-state index contributed by atoms with van der Waals surface area (Å²) in [7, 11) is 0. The SMILES string of the molecule is O=C(O)CCCOc1ccc([N+](=O)[O-])c(-c2nc3ccccc3[nH]2)c1. The Morgan fingerprint density at radius 1 is 1.28 bits per heavy atom. The summed E-state index contributed by atoms with van der Waals surface area (Å²) in [5, 5.41) is 19.9. The minimum atomic E-state index is -0.893. The fraction of sp³-hybridized carbons (Fsp3) is 0.176. The van der Waals surface area contributed by atoms with E-state index in [1.807, 2.05) is 24.3 Å². The fourth-order valence-electron chi connectivity index (χ4n) is 2.45. The molecule has 0 bridgehead atoms. The van der Waals surface area contributed by atoms with E-state index in [1.54, 1.807) is 0 Å². The van der Waals surface area contributed by atoms with Crippen LogP contribution >= 0.6 is 0 Å². The van der Waals surface area contributed by atoms with Crippen LogP contribution in [0.1, 0.15) is 12.8 Å². The molecule has 0 radical (unpaired) electrons. The Kier molecular flexibility index (Phi) is 4.60. The van der Waals surface area contributed by atoms with Crippen LogP contribution in [0.2, 0.25) is 0 Å². The number of carboxylic acid groups (broad SMARTS) is 1. The van der Waals surface area contributed by atoms with Crippen LogP contribution in [0.25, 0.3) is 22.4 Å². The normalized spacial score (nSPS) is 10.7. The molecule has 2 aromatic carbocycles. The molecule has 1 aromatic heterocycles. The number of benzene rings is 2. The number of hydrogen-bond acceptors (Lipinski definition) is 5. The molecule has 0 aliphatic carbocycles. The maximum atomic E-state index is 11.3. The summed E-state index contributed by atoms with van der Waals surface area (Å²) < 4.78 is 5.50. The van der Waals surface area contributed by atoms with Crippen LogP contribution in [0.3, 0.4) is 0 Å². The minimum absolute atomic E-state index is 0.00338. The van der Waals surface area contributed by atoms with Gasteiger partial charge in [0, 0.05) is 12.5 Å². The van der Waals surface area contributed by atoms with Crippen LogP contribution in [0, 0.1) is 10.1 Å². The van der Waals surface area contributed by atoms with Gasteiger partial charge in [-0.15, -0.1) is 0 Å². The molecule has 3 aromatic rings. The standard InChI is InChI=1S/C17H15N3O5/c21-16(22)6-3-9-25-11-7-8-15(20(23)24)12(10-11)17-18-13-4-1-2-5-14(13)19-17/h1-2,4-5,7-8,10H,3,6,9H2,(H,18,19)(H,21,22). The van der Waals surface area contributed by atoms with Gasteiger partial charge < -0.3 is 14.8 Å². The molecule has 0 unspecified atom stereocenters. The van der Waals surface area contributed by atoms with Gasteiger partial charge in [-0.05, 0) is 30.7 Å². The fourth-order valence-corrected chi connectivity index (χ4v) is 2.45. The molecule has 0 amide bonds. The van der Waals surface area contributed by atoms with Crippen molar-refractivity contribution >= 4 is 22.7 Å². The third-order valence-corrected chi connectivity index (χ3v) is 3.61. The van der Waals surface area contributed by atoms with Gasteiger partial charge in [0.05, 0.1) is 28.1 Å². The molecule has 0 aliphatic rings. The zero-order valence-electron chi connectivity index (χ0n) is 13.1. The molecule has 1 heterocycles. The van der Waals surface area contributed by atoms with Gasteiger partial charge in [0.25, 0.3) is 5.69 Å². The lowest BCUT2D eigenvalue weighted by Crippen LogP contribution is -2.02. The summed E-state index contributed by atoms with van der Waals surface area (Å²) in [4.78, 5) is 28.8. The first kappa shape index (κ1) is 16.4. The highest BCUT2D eigenvalue weighted by Gasteiger charge is 2.19. The Morgan fingerprint density at radius 2 is 2.08 bits per heavy atom. The minimum Gasteiger partial charge on any atom is -0.494 e. The summed E-state index contributed by atoms with van der Waals surface area (Å²) in [5.41, 5.74) is 1.72. The lowest BCUT2D eigenvalue weighted by atomic mass is 10.1. The van der Waals surface area contributed by atoms with Crippen LogP contribution in [0.15, 0.2) is 42.5 Å². The zero-order chi connectivity index (χ0) is 17.8. The molecule has 0 saturated carbocycles. The summed E-state index contributed by atoms with van der Waals surface area (Å²) in [5.74, 6) is -0.0920. The molecule has 8 heteroatoms. The second kappa shape index (κ2) is 7.00. The van der Waals surface area contributed by atoms with Gasteiger partial charge in [-0.25, -0.2) is 4.98 Å². The van der Waals surface area contributed by atoms with Crippen molar-refractivity contribution in [1.82, 2.24) is 9.97 Å². The number of nitro benzene ring substituents is 1. The molecular formula is C17H15N3O5. The molecule has 0 saturated heterocycles. The number of carboxylic acids is 1. The Labute approximate surface area is 142 Å². The highest BCUT2D eigenvalue weighted by atomic mass is 16.6. The Hall–Kier alpha value is -3.42. The number of carbonyl (C=O) groups is 1. The van der Waals surface area contributed by atoms with Gasteiger partial charge in [0.15, 0.2) is 0 Å². The van der Waals surface area contributed by atoms with Crippen LogP contribution in [-0.2, 0) is 4.79 Å². The Balaban J connectivity index is 1.91. The number of aliphatic carboxylic acids is 1. The largest absolute Gasteiger partial charge is 0.494 e.